The van der Waals surface area contributed by atoms with E-state index in [4.69, 9.17) is 0 Å². The Hall–Kier alpha value is -2.79. The lowest BCUT2D eigenvalue weighted by atomic mass is 9.93. The first kappa shape index (κ1) is 21.4. The van der Waals surface area contributed by atoms with Crippen molar-refractivity contribution in [3.05, 3.63) is 40.3 Å². The Morgan fingerprint density at radius 2 is 1.94 bits per heavy atom. The van der Waals surface area contributed by atoms with Crippen molar-refractivity contribution in [1.29, 1.82) is 0 Å². The largest absolute Gasteiger partial charge is 0.325 e. The number of hydrogen-bond donors (Lipinski definition) is 1. The third kappa shape index (κ3) is 4.62. The number of hydrogen-bond acceptors (Lipinski definition) is 8. The summed E-state index contributed by atoms with van der Waals surface area (Å²) in [6.45, 7) is 6.42. The van der Waals surface area contributed by atoms with Gasteiger partial charge in [0.05, 0.1) is 5.75 Å². The fourth-order valence-corrected chi connectivity index (χ4v) is 4.87. The Bertz CT molecular complexity index is 1200. The number of fused-ring (bicyclic) bond motifs is 1. The molecule has 3 aromatic rings. The van der Waals surface area contributed by atoms with E-state index in [0.29, 0.717) is 27.1 Å². The van der Waals surface area contributed by atoms with Crippen molar-refractivity contribution >= 4 is 51.2 Å². The molecule has 3 heterocycles. The average molecular weight is 459 g/mol. The Balaban J connectivity index is 1.38. The van der Waals surface area contributed by atoms with Gasteiger partial charge in [-0.05, 0) is 30.7 Å². The number of anilines is 2. The molecule has 0 unspecified atom stereocenters. The lowest BCUT2D eigenvalue weighted by Gasteiger charge is -2.16. The van der Waals surface area contributed by atoms with Crippen LogP contribution in [-0.2, 0) is 15.0 Å². The third-order valence-corrected chi connectivity index (χ3v) is 6.78. The summed E-state index contributed by atoms with van der Waals surface area (Å²) in [5.74, 6) is 0.0750. The maximum atomic E-state index is 12.6. The minimum Gasteiger partial charge on any atom is -0.325 e. The summed E-state index contributed by atoms with van der Waals surface area (Å²) in [6.07, 6.45) is 1.45. The van der Waals surface area contributed by atoms with Crippen molar-refractivity contribution in [3.63, 3.8) is 0 Å². The first-order valence-electron chi connectivity index (χ1n) is 9.82. The minimum atomic E-state index is -0.431. The molecule has 2 amide bonds. The van der Waals surface area contributed by atoms with Crippen LogP contribution in [0.4, 0.5) is 11.4 Å². The summed E-state index contributed by atoms with van der Waals surface area (Å²) in [5.41, 5.74) is 1.12. The highest BCUT2D eigenvalue weighted by atomic mass is 32.2. The number of nitrogens with one attached hydrogen (secondary N) is 1. The molecule has 0 radical (unpaired) electrons. The van der Waals surface area contributed by atoms with E-state index in [1.54, 1.807) is 17.0 Å². The molecule has 11 heteroatoms. The molecule has 9 nitrogen and oxygen atoms in total. The number of carbonyl (C=O) groups is 2. The maximum absolute atomic E-state index is 12.6. The molecule has 1 aromatic carbocycles. The molecule has 0 aliphatic carbocycles. The van der Waals surface area contributed by atoms with Crippen LogP contribution in [0.2, 0.25) is 0 Å². The predicted molar refractivity (Wildman–Crippen MR) is 121 cm³/mol. The highest BCUT2D eigenvalue weighted by Gasteiger charge is 2.23. The normalized spacial score (nSPS) is 14.4. The van der Waals surface area contributed by atoms with Crippen molar-refractivity contribution in [1.82, 2.24) is 19.8 Å². The molecule has 1 aliphatic rings. The van der Waals surface area contributed by atoms with Gasteiger partial charge < -0.3 is 10.2 Å². The van der Waals surface area contributed by atoms with Crippen LogP contribution in [0.1, 0.15) is 39.3 Å². The van der Waals surface area contributed by atoms with Crippen LogP contribution in [0.3, 0.4) is 0 Å². The second-order valence-corrected chi connectivity index (χ2v) is 10.4. The molecule has 1 aliphatic heterocycles. The lowest BCUT2D eigenvalue weighted by molar-refractivity contribution is -0.117. The van der Waals surface area contributed by atoms with Crippen LogP contribution in [0.5, 0.6) is 0 Å². The van der Waals surface area contributed by atoms with Gasteiger partial charge in [0.2, 0.25) is 16.8 Å². The molecular formula is C20H22N6O3S2. The SMILES string of the molecule is CC(C)(C)c1nnc2sc(SCC(=O)Nc3ccc(N4CCCC4=O)cc3)nn2c1=O. The minimum absolute atomic E-state index is 0.127. The van der Waals surface area contributed by atoms with Gasteiger partial charge in [0, 0.05) is 29.8 Å². The van der Waals surface area contributed by atoms with Gasteiger partial charge >= 0.3 is 0 Å². The van der Waals surface area contributed by atoms with Crippen molar-refractivity contribution in [2.45, 2.75) is 43.4 Å². The summed E-state index contributed by atoms with van der Waals surface area (Å²) in [5, 5.41) is 15.3. The van der Waals surface area contributed by atoms with Gasteiger partial charge in [-0.25, -0.2) is 0 Å². The van der Waals surface area contributed by atoms with Gasteiger partial charge in [0.15, 0.2) is 4.34 Å². The van der Waals surface area contributed by atoms with Crippen LogP contribution in [0.15, 0.2) is 33.4 Å². The smallest absolute Gasteiger partial charge is 0.297 e. The lowest BCUT2D eigenvalue weighted by Crippen LogP contribution is -2.30. The van der Waals surface area contributed by atoms with E-state index >= 15 is 0 Å². The second-order valence-electron chi connectivity index (χ2n) is 8.20. The first-order valence-corrected chi connectivity index (χ1v) is 11.6. The van der Waals surface area contributed by atoms with Crippen molar-refractivity contribution in [2.75, 3.05) is 22.5 Å². The van der Waals surface area contributed by atoms with E-state index in [1.807, 2.05) is 32.9 Å². The molecule has 1 N–H and O–H groups in total. The van der Waals surface area contributed by atoms with Gasteiger partial charge in [-0.2, -0.15) is 4.52 Å². The Morgan fingerprint density at radius 3 is 2.58 bits per heavy atom. The molecule has 2 aromatic heterocycles. The first-order chi connectivity index (χ1) is 14.7. The van der Waals surface area contributed by atoms with Crippen molar-refractivity contribution in [2.24, 2.45) is 0 Å². The number of rotatable bonds is 5. The number of carbonyl (C=O) groups excluding carboxylic acids is 2. The summed E-state index contributed by atoms with van der Waals surface area (Å²) in [4.78, 5) is 38.9. The van der Waals surface area contributed by atoms with E-state index < -0.39 is 5.41 Å². The van der Waals surface area contributed by atoms with E-state index in [2.05, 4.69) is 20.6 Å². The topological polar surface area (TPSA) is 110 Å². The highest BCUT2D eigenvalue weighted by Crippen LogP contribution is 2.25. The monoisotopic (exact) mass is 458 g/mol. The molecule has 1 fully saturated rings. The average Bonchev–Trinajstić information content (AvgIpc) is 3.33. The van der Waals surface area contributed by atoms with Crippen molar-refractivity contribution < 1.29 is 9.59 Å². The Labute approximate surface area is 186 Å². The van der Waals surface area contributed by atoms with Gasteiger partial charge in [0.1, 0.15) is 5.69 Å². The van der Waals surface area contributed by atoms with Gasteiger partial charge in [-0.1, -0.05) is 43.9 Å². The quantitative estimate of drug-likeness (QED) is 0.586. The summed E-state index contributed by atoms with van der Waals surface area (Å²) < 4.78 is 1.81. The summed E-state index contributed by atoms with van der Waals surface area (Å²) in [7, 11) is 0. The van der Waals surface area contributed by atoms with Crippen LogP contribution in [0, 0.1) is 0 Å². The molecule has 1 saturated heterocycles. The molecular weight excluding hydrogens is 436 g/mol. The Morgan fingerprint density at radius 1 is 1.19 bits per heavy atom. The van der Waals surface area contributed by atoms with Crippen LogP contribution < -0.4 is 15.8 Å². The highest BCUT2D eigenvalue weighted by molar-refractivity contribution is 8.01. The molecule has 31 heavy (non-hydrogen) atoms. The van der Waals surface area contributed by atoms with Gasteiger partial charge in [0.25, 0.3) is 5.56 Å². The molecule has 0 bridgehead atoms. The number of benzene rings is 1. The Kier molecular flexibility index (Phi) is 5.80. The fraction of sp³-hybridized carbons (Fsp3) is 0.400. The van der Waals surface area contributed by atoms with Gasteiger partial charge in [-0.3, -0.25) is 14.4 Å². The van der Waals surface area contributed by atoms with E-state index in [0.717, 1.165) is 18.7 Å². The molecule has 162 valence electrons. The zero-order valence-corrected chi connectivity index (χ0v) is 19.0. The number of nitrogens with zero attached hydrogens (tertiary/aromatic N) is 5. The number of aromatic nitrogens is 4. The number of amides is 2. The maximum Gasteiger partial charge on any atom is 0.297 e. The number of thioether (sulfide) groups is 1. The van der Waals surface area contributed by atoms with Crippen LogP contribution in [-0.4, -0.2) is 43.9 Å². The van der Waals surface area contributed by atoms with E-state index in [-0.39, 0.29) is 23.1 Å². The standard InChI is InChI=1S/C20H22N6O3S2/c1-20(2,3)16-17(29)26-18(23-22-16)31-19(24-26)30-11-14(27)21-12-6-8-13(9-7-12)25-10-4-5-15(25)28/h6-9H,4-5,10-11H2,1-3H3,(H,21,27). The van der Waals surface area contributed by atoms with Crippen LogP contribution >= 0.6 is 23.1 Å². The van der Waals surface area contributed by atoms with E-state index in [9.17, 15) is 14.4 Å². The second kappa shape index (κ2) is 8.39. The zero-order valence-electron chi connectivity index (χ0n) is 17.4. The summed E-state index contributed by atoms with van der Waals surface area (Å²) in [6, 6.07) is 7.23. The third-order valence-electron chi connectivity index (χ3n) is 4.75. The molecule has 0 spiro atoms. The predicted octanol–water partition coefficient (Wildman–Crippen LogP) is 2.70. The summed E-state index contributed by atoms with van der Waals surface area (Å²) >= 11 is 2.45. The zero-order chi connectivity index (χ0) is 22.2. The van der Waals surface area contributed by atoms with E-state index in [1.165, 1.54) is 27.6 Å². The molecule has 4 rings (SSSR count). The van der Waals surface area contributed by atoms with Crippen molar-refractivity contribution in [3.8, 4) is 0 Å². The molecule has 0 saturated carbocycles. The molecule has 0 atom stereocenters. The van der Waals surface area contributed by atoms with Crippen LogP contribution in [0.25, 0.3) is 4.96 Å². The fourth-order valence-electron chi connectivity index (χ4n) is 3.20. The van der Waals surface area contributed by atoms with Gasteiger partial charge in [-0.15, -0.1) is 15.3 Å².